The van der Waals surface area contributed by atoms with Crippen LogP contribution in [-0.2, 0) is 16.0 Å². The summed E-state index contributed by atoms with van der Waals surface area (Å²) in [7, 11) is 0. The molecule has 0 spiro atoms. The Hall–Kier alpha value is -1.04. The minimum Gasteiger partial charge on any atom is -0.548 e. The molecule has 0 aromatic heterocycles. The zero-order valence-electron chi connectivity index (χ0n) is 12.3. The maximum Gasteiger partial charge on any atom is 1.00 e. The van der Waals surface area contributed by atoms with E-state index in [2.05, 4.69) is 5.32 Å². The summed E-state index contributed by atoms with van der Waals surface area (Å²) in [5.74, 6) is -1.34. The molecule has 6 heteroatoms. The Morgan fingerprint density at radius 1 is 1.25 bits per heavy atom. The number of carbonyl (C=O) groups is 2. The maximum absolute atomic E-state index is 11.5. The van der Waals surface area contributed by atoms with Crippen LogP contribution in [0, 0.1) is 0 Å². The van der Waals surface area contributed by atoms with Gasteiger partial charge in [0.2, 0.25) is 0 Å². The van der Waals surface area contributed by atoms with Crippen LogP contribution in [0.2, 0.25) is 0 Å². The number of hydrogen-bond donors (Lipinski definition) is 1. The molecule has 1 rings (SSSR count). The standard InChI is InChI=1S/C14H19NO4.Na/c1-14(2,3)19-13(18)15-11(12(16)17)9-10-7-5-4-6-8-10;/h4-8,11H,9H2,1-3H3,(H,15,18)(H,16,17);/q;+1/p-1/t11-;/m0./s1. The van der Waals surface area contributed by atoms with Gasteiger partial charge in [0.15, 0.2) is 0 Å². The Morgan fingerprint density at radius 3 is 2.25 bits per heavy atom. The van der Waals surface area contributed by atoms with Gasteiger partial charge in [0.1, 0.15) is 5.60 Å². The molecule has 0 bridgehead atoms. The molecule has 0 aliphatic carbocycles. The third kappa shape index (κ3) is 7.53. The topological polar surface area (TPSA) is 78.5 Å². The minimum absolute atomic E-state index is 0. The first-order chi connectivity index (χ1) is 8.78. The summed E-state index contributed by atoms with van der Waals surface area (Å²) in [6.45, 7) is 5.12. The number of alkyl carbamates (subject to hydrolysis) is 1. The quantitative estimate of drug-likeness (QED) is 0.642. The number of benzene rings is 1. The molecular formula is C14H18NNaO4. The van der Waals surface area contributed by atoms with Crippen molar-refractivity contribution < 1.29 is 49.0 Å². The van der Waals surface area contributed by atoms with E-state index in [-0.39, 0.29) is 36.0 Å². The first-order valence-electron chi connectivity index (χ1n) is 6.02. The van der Waals surface area contributed by atoms with E-state index in [1.54, 1.807) is 45.0 Å². The molecule has 0 saturated heterocycles. The van der Waals surface area contributed by atoms with Crippen LogP contribution in [0.5, 0.6) is 0 Å². The third-order valence-electron chi connectivity index (χ3n) is 2.26. The minimum atomic E-state index is -1.34. The molecule has 0 heterocycles. The predicted molar refractivity (Wildman–Crippen MR) is 68.3 cm³/mol. The molecule has 1 aromatic carbocycles. The number of carboxylic acid groups (broad SMARTS) is 1. The first kappa shape index (κ1) is 19.0. The van der Waals surface area contributed by atoms with Gasteiger partial charge in [-0.05, 0) is 32.8 Å². The average Bonchev–Trinajstić information content (AvgIpc) is 2.26. The van der Waals surface area contributed by atoms with E-state index in [0.29, 0.717) is 0 Å². The fourth-order valence-corrected chi connectivity index (χ4v) is 1.49. The number of hydrogen-bond acceptors (Lipinski definition) is 4. The molecular weight excluding hydrogens is 269 g/mol. The fraction of sp³-hybridized carbons (Fsp3) is 0.429. The predicted octanol–water partition coefficient (Wildman–Crippen LogP) is -2.12. The smallest absolute Gasteiger partial charge is 0.548 e. The summed E-state index contributed by atoms with van der Waals surface area (Å²) in [5, 5.41) is 13.3. The third-order valence-corrected chi connectivity index (χ3v) is 2.26. The Morgan fingerprint density at radius 2 is 1.80 bits per heavy atom. The summed E-state index contributed by atoms with van der Waals surface area (Å²) in [5.41, 5.74) is 0.126. The van der Waals surface area contributed by atoms with Crippen molar-refractivity contribution in [3.8, 4) is 0 Å². The van der Waals surface area contributed by atoms with Crippen molar-refractivity contribution in [3.63, 3.8) is 0 Å². The van der Waals surface area contributed by atoms with Crippen LogP contribution in [0.15, 0.2) is 30.3 Å². The fourth-order valence-electron chi connectivity index (χ4n) is 1.49. The summed E-state index contributed by atoms with van der Waals surface area (Å²) in [4.78, 5) is 22.6. The molecule has 1 N–H and O–H groups in total. The maximum atomic E-state index is 11.5. The Kier molecular flexibility index (Phi) is 7.86. The largest absolute Gasteiger partial charge is 1.00 e. The van der Waals surface area contributed by atoms with E-state index in [1.807, 2.05) is 6.07 Å². The van der Waals surface area contributed by atoms with Gasteiger partial charge in [-0.2, -0.15) is 0 Å². The SMILES string of the molecule is CC(C)(C)OC(=O)N[C@@H](Cc1ccccc1)C(=O)[O-].[Na+]. The number of rotatable bonds is 4. The Labute approximate surface area is 141 Å². The van der Waals surface area contributed by atoms with Crippen LogP contribution in [0.1, 0.15) is 26.3 Å². The van der Waals surface area contributed by atoms with Gasteiger partial charge in [-0.15, -0.1) is 0 Å². The van der Waals surface area contributed by atoms with Gasteiger partial charge < -0.3 is 20.0 Å². The number of aliphatic carboxylic acids is 1. The second-order valence-electron chi connectivity index (χ2n) is 5.21. The molecule has 1 atom stereocenters. The Balaban J connectivity index is 0.00000361. The second kappa shape index (κ2) is 8.29. The summed E-state index contributed by atoms with van der Waals surface area (Å²) in [6, 6.07) is 7.89. The van der Waals surface area contributed by atoms with Crippen molar-refractivity contribution in [2.45, 2.75) is 38.8 Å². The van der Waals surface area contributed by atoms with E-state index in [9.17, 15) is 14.7 Å². The van der Waals surface area contributed by atoms with Crippen molar-refractivity contribution >= 4 is 12.1 Å². The monoisotopic (exact) mass is 287 g/mol. The second-order valence-corrected chi connectivity index (χ2v) is 5.21. The van der Waals surface area contributed by atoms with Crippen LogP contribution in [0.4, 0.5) is 4.79 Å². The molecule has 0 saturated carbocycles. The van der Waals surface area contributed by atoms with Gasteiger partial charge in [-0.3, -0.25) is 0 Å². The van der Waals surface area contributed by atoms with Crippen molar-refractivity contribution in [1.29, 1.82) is 0 Å². The molecule has 104 valence electrons. The first-order valence-corrected chi connectivity index (χ1v) is 6.02. The van der Waals surface area contributed by atoms with Gasteiger partial charge in [0, 0.05) is 0 Å². The van der Waals surface area contributed by atoms with Crippen LogP contribution in [0.3, 0.4) is 0 Å². The van der Waals surface area contributed by atoms with Gasteiger partial charge >= 0.3 is 35.7 Å². The number of amides is 1. The number of carboxylic acids is 1. The van der Waals surface area contributed by atoms with E-state index < -0.39 is 23.7 Å². The number of carbonyl (C=O) groups excluding carboxylic acids is 2. The molecule has 5 nitrogen and oxygen atoms in total. The van der Waals surface area contributed by atoms with Gasteiger partial charge in [0.05, 0.1) is 12.0 Å². The van der Waals surface area contributed by atoms with E-state index in [1.165, 1.54) is 0 Å². The summed E-state index contributed by atoms with van der Waals surface area (Å²) < 4.78 is 5.01. The van der Waals surface area contributed by atoms with E-state index >= 15 is 0 Å². The van der Waals surface area contributed by atoms with Gasteiger partial charge in [-0.1, -0.05) is 30.3 Å². The normalized spacial score (nSPS) is 11.9. The van der Waals surface area contributed by atoms with Crippen LogP contribution >= 0.6 is 0 Å². The van der Waals surface area contributed by atoms with Crippen LogP contribution in [0.25, 0.3) is 0 Å². The summed E-state index contributed by atoms with van der Waals surface area (Å²) >= 11 is 0. The van der Waals surface area contributed by atoms with Crippen molar-refractivity contribution in [3.05, 3.63) is 35.9 Å². The molecule has 0 fully saturated rings. The van der Waals surface area contributed by atoms with Crippen molar-refractivity contribution in [1.82, 2.24) is 5.32 Å². The Bertz CT molecular complexity index is 442. The van der Waals surface area contributed by atoms with Crippen LogP contribution in [-0.4, -0.2) is 23.7 Å². The number of nitrogens with one attached hydrogen (secondary N) is 1. The van der Waals surface area contributed by atoms with E-state index in [4.69, 9.17) is 4.74 Å². The van der Waals surface area contributed by atoms with Crippen molar-refractivity contribution in [2.75, 3.05) is 0 Å². The van der Waals surface area contributed by atoms with E-state index in [0.717, 1.165) is 5.56 Å². The number of ether oxygens (including phenoxy) is 1. The molecule has 1 aromatic rings. The van der Waals surface area contributed by atoms with Crippen molar-refractivity contribution in [2.24, 2.45) is 0 Å². The van der Waals surface area contributed by atoms with Gasteiger partial charge in [0.25, 0.3) is 0 Å². The zero-order valence-corrected chi connectivity index (χ0v) is 14.3. The zero-order chi connectivity index (χ0) is 14.5. The molecule has 0 aliphatic rings. The molecule has 1 amide bonds. The van der Waals surface area contributed by atoms with Crippen LogP contribution < -0.4 is 40.0 Å². The summed E-state index contributed by atoms with van der Waals surface area (Å²) in [6.07, 6.45) is -0.611. The molecule has 0 aliphatic heterocycles. The van der Waals surface area contributed by atoms with Gasteiger partial charge in [-0.25, -0.2) is 4.79 Å². The molecule has 0 radical (unpaired) electrons. The molecule has 20 heavy (non-hydrogen) atoms. The average molecular weight is 287 g/mol. The molecule has 0 unspecified atom stereocenters.